The number of benzene rings is 3. The van der Waals surface area contributed by atoms with Gasteiger partial charge in [-0.25, -0.2) is 4.79 Å². The molecule has 0 fully saturated rings. The standard InChI is InChI=1S/C29H27NO3/c1-4-33-29(32)24-12-10-21(11-13-24)18-25-19-27(23-8-6-5-7-9-23)30(28(25)31)26-16-14-22(15-17-26)20(2)3/h5-20H,4H2,1-3H3. The maximum Gasteiger partial charge on any atom is 0.338 e. The number of hydrogen-bond donors (Lipinski definition) is 0. The van der Waals surface area contributed by atoms with E-state index in [0.717, 1.165) is 22.5 Å². The number of rotatable bonds is 6. The lowest BCUT2D eigenvalue weighted by atomic mass is 10.0. The molecule has 0 bridgehead atoms. The van der Waals surface area contributed by atoms with Crippen LogP contribution in [0.15, 0.2) is 90.5 Å². The van der Waals surface area contributed by atoms with Crippen LogP contribution in [0, 0.1) is 0 Å². The van der Waals surface area contributed by atoms with E-state index in [9.17, 15) is 9.59 Å². The largest absolute Gasteiger partial charge is 0.462 e. The van der Waals surface area contributed by atoms with Crippen molar-refractivity contribution < 1.29 is 14.3 Å². The quantitative estimate of drug-likeness (QED) is 0.328. The molecule has 3 aromatic carbocycles. The topological polar surface area (TPSA) is 46.6 Å². The number of anilines is 1. The second-order valence-corrected chi connectivity index (χ2v) is 8.22. The molecule has 1 aliphatic heterocycles. The highest BCUT2D eigenvalue weighted by atomic mass is 16.5. The molecule has 0 saturated carbocycles. The fraction of sp³-hybridized carbons (Fsp3) is 0.172. The summed E-state index contributed by atoms with van der Waals surface area (Å²) in [6.45, 7) is 6.42. The summed E-state index contributed by atoms with van der Waals surface area (Å²) in [6.07, 6.45) is 3.77. The van der Waals surface area contributed by atoms with E-state index in [1.54, 1.807) is 24.0 Å². The van der Waals surface area contributed by atoms with Crippen molar-refractivity contribution >= 4 is 29.3 Å². The number of carbonyl (C=O) groups excluding carboxylic acids is 2. The van der Waals surface area contributed by atoms with E-state index < -0.39 is 0 Å². The first-order valence-electron chi connectivity index (χ1n) is 11.2. The van der Waals surface area contributed by atoms with Gasteiger partial charge in [-0.2, -0.15) is 0 Å². The fourth-order valence-corrected chi connectivity index (χ4v) is 3.81. The summed E-state index contributed by atoms with van der Waals surface area (Å²) in [7, 11) is 0. The molecule has 0 unspecified atom stereocenters. The maximum atomic E-state index is 13.5. The second kappa shape index (κ2) is 9.70. The first-order valence-corrected chi connectivity index (χ1v) is 11.2. The Labute approximate surface area is 194 Å². The van der Waals surface area contributed by atoms with Crippen LogP contribution in [0.3, 0.4) is 0 Å². The smallest absolute Gasteiger partial charge is 0.338 e. The van der Waals surface area contributed by atoms with Gasteiger partial charge < -0.3 is 4.74 Å². The highest BCUT2D eigenvalue weighted by Crippen LogP contribution is 2.35. The van der Waals surface area contributed by atoms with E-state index >= 15 is 0 Å². The Morgan fingerprint density at radius 3 is 2.21 bits per heavy atom. The van der Waals surface area contributed by atoms with Crippen LogP contribution in [-0.4, -0.2) is 18.5 Å². The first kappa shape index (κ1) is 22.3. The Hall–Kier alpha value is -3.92. The summed E-state index contributed by atoms with van der Waals surface area (Å²) >= 11 is 0. The van der Waals surface area contributed by atoms with Gasteiger partial charge in [0.15, 0.2) is 0 Å². The van der Waals surface area contributed by atoms with Gasteiger partial charge in [-0.05, 0) is 65.9 Å². The van der Waals surface area contributed by atoms with E-state index in [0.29, 0.717) is 23.7 Å². The van der Waals surface area contributed by atoms with Crippen molar-refractivity contribution in [2.45, 2.75) is 26.7 Å². The van der Waals surface area contributed by atoms with Crippen molar-refractivity contribution in [3.05, 3.63) is 113 Å². The number of nitrogens with zero attached hydrogens (tertiary/aromatic N) is 1. The van der Waals surface area contributed by atoms with Gasteiger partial charge in [-0.3, -0.25) is 9.69 Å². The maximum absolute atomic E-state index is 13.5. The minimum Gasteiger partial charge on any atom is -0.462 e. The molecule has 1 heterocycles. The Bertz CT molecular complexity index is 1200. The van der Waals surface area contributed by atoms with Crippen LogP contribution in [0.1, 0.15) is 53.7 Å². The number of hydrogen-bond acceptors (Lipinski definition) is 3. The average Bonchev–Trinajstić information content (AvgIpc) is 3.16. The zero-order chi connectivity index (χ0) is 23.4. The van der Waals surface area contributed by atoms with Crippen LogP contribution in [0.4, 0.5) is 5.69 Å². The predicted molar refractivity (Wildman–Crippen MR) is 133 cm³/mol. The molecule has 0 N–H and O–H groups in total. The molecule has 3 aromatic rings. The molecule has 1 amide bonds. The molecular formula is C29H27NO3. The van der Waals surface area contributed by atoms with E-state index in [4.69, 9.17) is 4.74 Å². The van der Waals surface area contributed by atoms with Crippen molar-refractivity contribution in [3.63, 3.8) is 0 Å². The Morgan fingerprint density at radius 2 is 1.61 bits per heavy atom. The number of amides is 1. The second-order valence-electron chi connectivity index (χ2n) is 8.22. The summed E-state index contributed by atoms with van der Waals surface area (Å²) in [5, 5.41) is 0. The van der Waals surface area contributed by atoms with Crippen molar-refractivity contribution in [1.82, 2.24) is 0 Å². The minimum atomic E-state index is -0.351. The van der Waals surface area contributed by atoms with Crippen LogP contribution >= 0.6 is 0 Å². The molecular weight excluding hydrogens is 410 g/mol. The third-order valence-electron chi connectivity index (χ3n) is 5.61. The van der Waals surface area contributed by atoms with Crippen molar-refractivity contribution in [2.24, 2.45) is 0 Å². The SMILES string of the molecule is CCOC(=O)c1ccc(C=C2C=C(c3ccccc3)N(c3ccc(C(C)C)cc3)C2=O)cc1. The van der Waals surface area contributed by atoms with Gasteiger partial charge in [0.05, 0.1) is 17.9 Å². The summed E-state index contributed by atoms with van der Waals surface area (Å²) in [5.74, 6) is -0.0120. The summed E-state index contributed by atoms with van der Waals surface area (Å²) in [4.78, 5) is 27.2. The predicted octanol–water partition coefficient (Wildman–Crippen LogP) is 6.46. The van der Waals surface area contributed by atoms with Gasteiger partial charge >= 0.3 is 5.97 Å². The molecule has 33 heavy (non-hydrogen) atoms. The van der Waals surface area contributed by atoms with Crippen molar-refractivity contribution in [3.8, 4) is 0 Å². The molecule has 0 aliphatic carbocycles. The highest BCUT2D eigenvalue weighted by Gasteiger charge is 2.30. The van der Waals surface area contributed by atoms with Gasteiger partial charge in [0.1, 0.15) is 0 Å². The van der Waals surface area contributed by atoms with E-state index in [1.807, 2.05) is 66.7 Å². The summed E-state index contributed by atoms with van der Waals surface area (Å²) in [5.41, 5.74) is 5.79. The highest BCUT2D eigenvalue weighted by molar-refractivity contribution is 6.23. The Balaban J connectivity index is 1.70. The van der Waals surface area contributed by atoms with Gasteiger partial charge in [-0.15, -0.1) is 0 Å². The molecule has 0 atom stereocenters. The van der Waals surface area contributed by atoms with Gasteiger partial charge in [-0.1, -0.05) is 68.4 Å². The third kappa shape index (κ3) is 4.80. The van der Waals surface area contributed by atoms with Crippen LogP contribution in [0.25, 0.3) is 11.8 Å². The van der Waals surface area contributed by atoms with Gasteiger partial charge in [0, 0.05) is 11.3 Å². The molecule has 4 heteroatoms. The normalized spacial score (nSPS) is 14.7. The van der Waals surface area contributed by atoms with E-state index in [1.165, 1.54) is 5.56 Å². The molecule has 4 nitrogen and oxygen atoms in total. The van der Waals surface area contributed by atoms with E-state index in [-0.39, 0.29) is 11.9 Å². The first-order chi connectivity index (χ1) is 16.0. The Kier molecular flexibility index (Phi) is 6.55. The van der Waals surface area contributed by atoms with Crippen molar-refractivity contribution in [1.29, 1.82) is 0 Å². The molecule has 0 spiro atoms. The molecule has 0 radical (unpaired) electrons. The van der Waals surface area contributed by atoms with Crippen molar-refractivity contribution in [2.75, 3.05) is 11.5 Å². The monoisotopic (exact) mass is 437 g/mol. The lowest BCUT2D eigenvalue weighted by molar-refractivity contribution is -0.113. The molecule has 1 aliphatic rings. The summed E-state index contributed by atoms with van der Waals surface area (Å²) < 4.78 is 5.04. The molecule has 166 valence electrons. The van der Waals surface area contributed by atoms with Gasteiger partial charge in [0.2, 0.25) is 0 Å². The molecule has 4 rings (SSSR count). The number of carbonyl (C=O) groups is 2. The summed E-state index contributed by atoms with van der Waals surface area (Å²) in [6, 6.07) is 25.1. The fourth-order valence-electron chi connectivity index (χ4n) is 3.81. The zero-order valence-electron chi connectivity index (χ0n) is 19.1. The average molecular weight is 438 g/mol. The molecule has 0 aromatic heterocycles. The van der Waals surface area contributed by atoms with Crippen LogP contribution < -0.4 is 4.90 Å². The Morgan fingerprint density at radius 1 is 0.939 bits per heavy atom. The minimum absolute atomic E-state index is 0.0828. The lowest BCUT2D eigenvalue weighted by Gasteiger charge is -2.21. The zero-order valence-corrected chi connectivity index (χ0v) is 19.1. The third-order valence-corrected chi connectivity index (χ3v) is 5.61. The van der Waals surface area contributed by atoms with Crippen LogP contribution in [0.5, 0.6) is 0 Å². The lowest BCUT2D eigenvalue weighted by Crippen LogP contribution is -2.24. The number of ether oxygens (including phenoxy) is 1. The van der Waals surface area contributed by atoms with Crippen LogP contribution in [-0.2, 0) is 9.53 Å². The van der Waals surface area contributed by atoms with Gasteiger partial charge in [0.25, 0.3) is 5.91 Å². The van der Waals surface area contributed by atoms with E-state index in [2.05, 4.69) is 26.0 Å². The number of esters is 1. The van der Waals surface area contributed by atoms with Crippen LogP contribution in [0.2, 0.25) is 0 Å². The molecule has 0 saturated heterocycles.